The molecule has 1 N–H and O–H groups in total. The predicted molar refractivity (Wildman–Crippen MR) is 60.0 cm³/mol. The summed E-state index contributed by atoms with van der Waals surface area (Å²) in [5.74, 6) is -1.38. The monoisotopic (exact) mass is 225 g/mol. The van der Waals surface area contributed by atoms with Crippen LogP contribution < -0.4 is 0 Å². The number of nitrogens with zero attached hydrogens (tertiary/aromatic N) is 1. The van der Waals surface area contributed by atoms with Gasteiger partial charge in [0.1, 0.15) is 5.82 Å². The van der Waals surface area contributed by atoms with Gasteiger partial charge in [-0.3, -0.25) is 4.90 Å². The van der Waals surface area contributed by atoms with Gasteiger partial charge in [-0.1, -0.05) is 13.8 Å². The summed E-state index contributed by atoms with van der Waals surface area (Å²) in [5.41, 5.74) is 0.562. The Bertz CT molecular complexity index is 375. The van der Waals surface area contributed by atoms with E-state index in [1.54, 1.807) is 0 Å². The highest BCUT2D eigenvalue weighted by atomic mass is 19.1. The van der Waals surface area contributed by atoms with Gasteiger partial charge in [-0.25, -0.2) is 9.18 Å². The average Bonchev–Trinajstić information content (AvgIpc) is 2.27. The van der Waals surface area contributed by atoms with E-state index in [4.69, 9.17) is 5.11 Å². The molecule has 1 aromatic carbocycles. The number of rotatable bonds is 5. The highest BCUT2D eigenvalue weighted by molar-refractivity contribution is 5.87. The van der Waals surface area contributed by atoms with E-state index in [9.17, 15) is 9.18 Å². The molecule has 1 aromatic rings. The molecule has 0 bridgehead atoms. The molecule has 0 aliphatic rings. The molecule has 0 unspecified atom stereocenters. The summed E-state index contributed by atoms with van der Waals surface area (Å²) in [5, 5.41) is 8.81. The van der Waals surface area contributed by atoms with E-state index in [2.05, 4.69) is 0 Å². The molecule has 0 atom stereocenters. The lowest BCUT2D eigenvalue weighted by Gasteiger charge is -2.18. The smallest absolute Gasteiger partial charge is 0.335 e. The quantitative estimate of drug-likeness (QED) is 0.836. The maximum Gasteiger partial charge on any atom is 0.335 e. The van der Waals surface area contributed by atoms with Gasteiger partial charge in [0.15, 0.2) is 0 Å². The molecule has 0 radical (unpaired) electrons. The largest absolute Gasteiger partial charge is 0.478 e. The molecule has 88 valence electrons. The van der Waals surface area contributed by atoms with Crippen LogP contribution in [0.4, 0.5) is 4.39 Å². The van der Waals surface area contributed by atoms with Crippen LogP contribution in [0.1, 0.15) is 29.8 Å². The predicted octanol–water partition coefficient (Wildman–Crippen LogP) is 2.37. The Labute approximate surface area is 94.5 Å². The van der Waals surface area contributed by atoms with Crippen molar-refractivity contribution in [2.45, 2.75) is 20.4 Å². The minimum atomic E-state index is -1.03. The van der Waals surface area contributed by atoms with Crippen molar-refractivity contribution in [2.24, 2.45) is 0 Å². The van der Waals surface area contributed by atoms with Gasteiger partial charge >= 0.3 is 5.97 Å². The first-order valence-corrected chi connectivity index (χ1v) is 5.32. The lowest BCUT2D eigenvalue weighted by molar-refractivity contribution is 0.0696. The molecular formula is C12H16FNO2. The van der Waals surface area contributed by atoms with Gasteiger partial charge in [0.25, 0.3) is 0 Å². The molecule has 0 aliphatic heterocycles. The van der Waals surface area contributed by atoms with E-state index in [0.717, 1.165) is 13.1 Å². The average molecular weight is 225 g/mol. The van der Waals surface area contributed by atoms with Crippen LogP contribution in [0.5, 0.6) is 0 Å². The minimum Gasteiger partial charge on any atom is -0.478 e. The number of carboxylic acid groups (broad SMARTS) is 1. The number of carbonyl (C=O) groups is 1. The molecule has 0 aromatic heterocycles. The summed E-state index contributed by atoms with van der Waals surface area (Å²) in [6.45, 7) is 6.05. The van der Waals surface area contributed by atoms with Gasteiger partial charge in [0.2, 0.25) is 0 Å². The second-order valence-electron chi connectivity index (χ2n) is 3.57. The van der Waals surface area contributed by atoms with Gasteiger partial charge in [-0.15, -0.1) is 0 Å². The Balaban J connectivity index is 2.93. The number of carboxylic acids is 1. The molecular weight excluding hydrogens is 209 g/mol. The zero-order valence-electron chi connectivity index (χ0n) is 9.53. The Hall–Kier alpha value is -1.42. The maximum atomic E-state index is 13.4. The van der Waals surface area contributed by atoms with Gasteiger partial charge in [-0.2, -0.15) is 0 Å². The van der Waals surface area contributed by atoms with E-state index in [0.29, 0.717) is 12.1 Å². The van der Waals surface area contributed by atoms with E-state index in [-0.39, 0.29) is 11.4 Å². The summed E-state index contributed by atoms with van der Waals surface area (Å²) in [7, 11) is 0. The number of hydrogen-bond donors (Lipinski definition) is 1. The molecule has 3 nitrogen and oxygen atoms in total. The van der Waals surface area contributed by atoms with E-state index < -0.39 is 5.97 Å². The first-order chi connectivity index (χ1) is 7.58. The molecule has 16 heavy (non-hydrogen) atoms. The molecule has 4 heteroatoms. The summed E-state index contributed by atoms with van der Waals surface area (Å²) in [4.78, 5) is 12.8. The van der Waals surface area contributed by atoms with Gasteiger partial charge < -0.3 is 5.11 Å². The molecule has 0 saturated heterocycles. The fraction of sp³-hybridized carbons (Fsp3) is 0.417. The van der Waals surface area contributed by atoms with Crippen molar-refractivity contribution in [2.75, 3.05) is 13.1 Å². The molecule has 0 amide bonds. The standard InChI is InChI=1S/C12H16FNO2/c1-3-14(4-2)8-10-7-9(12(15)16)5-6-11(10)13/h5-7H,3-4,8H2,1-2H3,(H,15,16). The Morgan fingerprint density at radius 1 is 1.38 bits per heavy atom. The van der Waals surface area contributed by atoms with Gasteiger partial charge in [-0.05, 0) is 31.3 Å². The van der Waals surface area contributed by atoms with Crippen molar-refractivity contribution >= 4 is 5.97 Å². The topological polar surface area (TPSA) is 40.5 Å². The molecule has 1 rings (SSSR count). The normalized spacial score (nSPS) is 10.8. The van der Waals surface area contributed by atoms with Crippen LogP contribution in [0.2, 0.25) is 0 Å². The Kier molecular flexibility index (Phi) is 4.43. The highest BCUT2D eigenvalue weighted by Gasteiger charge is 2.10. The Morgan fingerprint density at radius 3 is 2.50 bits per heavy atom. The van der Waals surface area contributed by atoms with Gasteiger partial charge in [0.05, 0.1) is 5.56 Å². The lowest BCUT2D eigenvalue weighted by atomic mass is 10.1. The summed E-state index contributed by atoms with van der Waals surface area (Å²) >= 11 is 0. The first kappa shape index (κ1) is 12.6. The number of halogens is 1. The van der Waals surface area contributed by atoms with E-state index >= 15 is 0 Å². The third-order valence-electron chi connectivity index (χ3n) is 2.58. The van der Waals surface area contributed by atoms with E-state index in [1.807, 2.05) is 18.7 Å². The molecule has 0 fully saturated rings. The fourth-order valence-electron chi connectivity index (χ4n) is 1.52. The molecule has 0 saturated carbocycles. The Morgan fingerprint density at radius 2 is 2.00 bits per heavy atom. The van der Waals surface area contributed by atoms with Crippen molar-refractivity contribution in [3.8, 4) is 0 Å². The number of aromatic carboxylic acids is 1. The van der Waals surface area contributed by atoms with Crippen LogP contribution in [-0.4, -0.2) is 29.1 Å². The van der Waals surface area contributed by atoms with Crippen molar-refractivity contribution in [1.82, 2.24) is 4.90 Å². The van der Waals surface area contributed by atoms with Crippen molar-refractivity contribution in [1.29, 1.82) is 0 Å². The molecule has 0 heterocycles. The summed E-state index contributed by atoms with van der Waals surface area (Å²) in [6.07, 6.45) is 0. The van der Waals surface area contributed by atoms with E-state index in [1.165, 1.54) is 18.2 Å². The van der Waals surface area contributed by atoms with Crippen LogP contribution in [-0.2, 0) is 6.54 Å². The molecule has 0 aliphatic carbocycles. The third kappa shape index (κ3) is 3.03. The highest BCUT2D eigenvalue weighted by Crippen LogP contribution is 2.13. The fourth-order valence-corrected chi connectivity index (χ4v) is 1.52. The van der Waals surface area contributed by atoms with Crippen molar-refractivity contribution < 1.29 is 14.3 Å². The zero-order valence-corrected chi connectivity index (χ0v) is 9.53. The minimum absolute atomic E-state index is 0.128. The zero-order chi connectivity index (χ0) is 12.1. The third-order valence-corrected chi connectivity index (χ3v) is 2.58. The number of hydrogen-bond acceptors (Lipinski definition) is 2. The van der Waals surface area contributed by atoms with Crippen LogP contribution >= 0.6 is 0 Å². The van der Waals surface area contributed by atoms with Crippen LogP contribution in [0.15, 0.2) is 18.2 Å². The van der Waals surface area contributed by atoms with Crippen LogP contribution in [0.3, 0.4) is 0 Å². The van der Waals surface area contributed by atoms with Crippen LogP contribution in [0, 0.1) is 5.82 Å². The first-order valence-electron chi connectivity index (χ1n) is 5.32. The summed E-state index contributed by atoms with van der Waals surface area (Å²) < 4.78 is 13.4. The van der Waals surface area contributed by atoms with Crippen LogP contribution in [0.25, 0.3) is 0 Å². The van der Waals surface area contributed by atoms with Crippen molar-refractivity contribution in [3.63, 3.8) is 0 Å². The summed E-state index contributed by atoms with van der Waals surface area (Å²) in [6, 6.07) is 3.89. The second kappa shape index (κ2) is 5.61. The van der Waals surface area contributed by atoms with Gasteiger partial charge in [0, 0.05) is 12.1 Å². The van der Waals surface area contributed by atoms with Crippen molar-refractivity contribution in [3.05, 3.63) is 35.1 Å². The molecule has 0 spiro atoms. The number of benzene rings is 1. The lowest BCUT2D eigenvalue weighted by Crippen LogP contribution is -2.23. The SMILES string of the molecule is CCN(CC)Cc1cc(C(=O)O)ccc1F. The second-order valence-corrected chi connectivity index (χ2v) is 3.57. The maximum absolute atomic E-state index is 13.4.